The van der Waals surface area contributed by atoms with Crippen LogP contribution in [0.1, 0.15) is 20.8 Å². The highest BCUT2D eigenvalue weighted by molar-refractivity contribution is 5.74. The molecule has 2 rings (SSSR count). The van der Waals surface area contributed by atoms with E-state index in [0.29, 0.717) is 6.54 Å². The van der Waals surface area contributed by atoms with E-state index in [1.54, 1.807) is 6.33 Å². The van der Waals surface area contributed by atoms with Gasteiger partial charge in [-0.3, -0.25) is 0 Å². The van der Waals surface area contributed by atoms with Crippen molar-refractivity contribution < 1.29 is 5.11 Å². The summed E-state index contributed by atoms with van der Waals surface area (Å²) in [7, 11) is 0. The van der Waals surface area contributed by atoms with Crippen molar-refractivity contribution in [2.45, 2.75) is 33.4 Å². The summed E-state index contributed by atoms with van der Waals surface area (Å²) in [6.07, 6.45) is 1.42. The number of rotatable bonds is 2. The Labute approximate surface area is 95.7 Å². The summed E-state index contributed by atoms with van der Waals surface area (Å²) in [4.78, 5) is 4.31. The van der Waals surface area contributed by atoms with Crippen LogP contribution >= 0.6 is 0 Å². The fourth-order valence-electron chi connectivity index (χ4n) is 1.62. The SMILES string of the molecule is CC(C)(C)[C@H](O)Cn1cnc2ccccc21. The first-order valence-corrected chi connectivity index (χ1v) is 5.56. The highest BCUT2D eigenvalue weighted by Gasteiger charge is 2.22. The smallest absolute Gasteiger partial charge is 0.0959 e. The molecule has 0 saturated heterocycles. The van der Waals surface area contributed by atoms with Crippen LogP contribution in [-0.4, -0.2) is 20.8 Å². The third-order valence-electron chi connectivity index (χ3n) is 2.90. The Bertz CT molecular complexity index is 482. The lowest BCUT2D eigenvalue weighted by Crippen LogP contribution is -2.30. The Morgan fingerprint density at radius 1 is 1.31 bits per heavy atom. The normalized spacial score (nSPS) is 14.2. The summed E-state index contributed by atoms with van der Waals surface area (Å²) in [6.45, 7) is 6.70. The molecule has 0 unspecified atom stereocenters. The molecule has 86 valence electrons. The monoisotopic (exact) mass is 218 g/mol. The van der Waals surface area contributed by atoms with Gasteiger partial charge in [-0.25, -0.2) is 4.98 Å². The van der Waals surface area contributed by atoms with Gasteiger partial charge in [0.1, 0.15) is 0 Å². The first-order chi connectivity index (χ1) is 7.48. The zero-order valence-corrected chi connectivity index (χ0v) is 10.0. The van der Waals surface area contributed by atoms with Crippen molar-refractivity contribution in [1.82, 2.24) is 9.55 Å². The molecular formula is C13H18N2O. The fourth-order valence-corrected chi connectivity index (χ4v) is 1.62. The lowest BCUT2D eigenvalue weighted by molar-refractivity contribution is 0.0490. The fraction of sp³-hybridized carbons (Fsp3) is 0.462. The van der Waals surface area contributed by atoms with Crippen LogP contribution < -0.4 is 0 Å². The number of aliphatic hydroxyl groups is 1. The minimum Gasteiger partial charge on any atom is -0.391 e. The van der Waals surface area contributed by atoms with E-state index in [1.807, 2.05) is 49.6 Å². The van der Waals surface area contributed by atoms with Crippen LogP contribution in [0.5, 0.6) is 0 Å². The average molecular weight is 218 g/mol. The Balaban J connectivity index is 2.28. The molecule has 1 aromatic carbocycles. The van der Waals surface area contributed by atoms with Crippen LogP contribution in [0.15, 0.2) is 30.6 Å². The Morgan fingerprint density at radius 3 is 2.69 bits per heavy atom. The number of aliphatic hydroxyl groups excluding tert-OH is 1. The number of hydrogen-bond donors (Lipinski definition) is 1. The van der Waals surface area contributed by atoms with Gasteiger partial charge in [-0.15, -0.1) is 0 Å². The summed E-state index contributed by atoms with van der Waals surface area (Å²) < 4.78 is 2.01. The maximum Gasteiger partial charge on any atom is 0.0959 e. The van der Waals surface area contributed by atoms with Gasteiger partial charge in [0.25, 0.3) is 0 Å². The topological polar surface area (TPSA) is 38.0 Å². The molecule has 0 fully saturated rings. The number of imidazole rings is 1. The Hall–Kier alpha value is -1.35. The van der Waals surface area contributed by atoms with E-state index in [0.717, 1.165) is 11.0 Å². The molecule has 0 spiro atoms. The average Bonchev–Trinajstić information content (AvgIpc) is 2.61. The number of fused-ring (bicyclic) bond motifs is 1. The zero-order chi connectivity index (χ0) is 11.8. The third kappa shape index (κ3) is 2.09. The van der Waals surface area contributed by atoms with Crippen LogP contribution in [0.2, 0.25) is 0 Å². The molecule has 0 bridgehead atoms. The molecule has 0 radical (unpaired) electrons. The van der Waals surface area contributed by atoms with Gasteiger partial charge in [-0.1, -0.05) is 32.9 Å². The first-order valence-electron chi connectivity index (χ1n) is 5.56. The van der Waals surface area contributed by atoms with Gasteiger partial charge < -0.3 is 9.67 Å². The van der Waals surface area contributed by atoms with E-state index in [4.69, 9.17) is 0 Å². The predicted molar refractivity (Wildman–Crippen MR) is 65.2 cm³/mol. The number of aromatic nitrogens is 2. The van der Waals surface area contributed by atoms with E-state index in [2.05, 4.69) is 4.98 Å². The van der Waals surface area contributed by atoms with Crippen molar-refractivity contribution >= 4 is 11.0 Å². The summed E-state index contributed by atoms with van der Waals surface area (Å²) in [5.41, 5.74) is 1.94. The molecular weight excluding hydrogens is 200 g/mol. The number of nitrogens with zero attached hydrogens (tertiary/aromatic N) is 2. The van der Waals surface area contributed by atoms with Crippen LogP contribution in [0, 0.1) is 5.41 Å². The second-order valence-electron chi connectivity index (χ2n) is 5.27. The summed E-state index contributed by atoms with van der Waals surface area (Å²) in [6, 6.07) is 7.97. The van der Waals surface area contributed by atoms with Crippen molar-refractivity contribution in [3.8, 4) is 0 Å². The molecule has 0 saturated carbocycles. The zero-order valence-electron chi connectivity index (χ0n) is 10.0. The second-order valence-corrected chi connectivity index (χ2v) is 5.27. The molecule has 0 aliphatic heterocycles. The maximum absolute atomic E-state index is 10.1. The Kier molecular flexibility index (Phi) is 2.72. The minimum absolute atomic E-state index is 0.106. The first kappa shape index (κ1) is 11.1. The van der Waals surface area contributed by atoms with Crippen LogP contribution in [0.4, 0.5) is 0 Å². The van der Waals surface area contributed by atoms with Crippen LogP contribution in [0.3, 0.4) is 0 Å². The standard InChI is InChI=1S/C13H18N2O/c1-13(2,3)12(16)8-15-9-14-10-6-4-5-7-11(10)15/h4-7,9,12,16H,8H2,1-3H3/t12-/m1/s1. The molecule has 16 heavy (non-hydrogen) atoms. The van der Waals surface area contributed by atoms with Gasteiger partial charge in [0.05, 0.1) is 30.0 Å². The van der Waals surface area contributed by atoms with Gasteiger partial charge in [0.2, 0.25) is 0 Å². The molecule has 1 aromatic heterocycles. The molecule has 0 aliphatic carbocycles. The van der Waals surface area contributed by atoms with E-state index < -0.39 is 0 Å². The molecule has 3 nitrogen and oxygen atoms in total. The number of hydrogen-bond acceptors (Lipinski definition) is 2. The minimum atomic E-state index is -0.370. The molecule has 1 atom stereocenters. The van der Waals surface area contributed by atoms with Crippen molar-refractivity contribution in [3.05, 3.63) is 30.6 Å². The summed E-state index contributed by atoms with van der Waals surface area (Å²) >= 11 is 0. The van der Waals surface area contributed by atoms with Crippen molar-refractivity contribution in [2.75, 3.05) is 0 Å². The van der Waals surface area contributed by atoms with E-state index in [1.165, 1.54) is 0 Å². The third-order valence-corrected chi connectivity index (χ3v) is 2.90. The molecule has 2 aromatic rings. The Morgan fingerprint density at radius 2 is 2.00 bits per heavy atom. The van der Waals surface area contributed by atoms with E-state index >= 15 is 0 Å². The highest BCUT2D eigenvalue weighted by atomic mass is 16.3. The van der Waals surface area contributed by atoms with Gasteiger partial charge in [-0.2, -0.15) is 0 Å². The number of benzene rings is 1. The van der Waals surface area contributed by atoms with Gasteiger partial charge >= 0.3 is 0 Å². The van der Waals surface area contributed by atoms with Crippen molar-refractivity contribution in [1.29, 1.82) is 0 Å². The predicted octanol–water partition coefficient (Wildman–Crippen LogP) is 2.44. The lowest BCUT2D eigenvalue weighted by Gasteiger charge is -2.26. The van der Waals surface area contributed by atoms with Gasteiger partial charge in [0.15, 0.2) is 0 Å². The molecule has 3 heteroatoms. The molecule has 1 heterocycles. The van der Waals surface area contributed by atoms with Crippen LogP contribution in [0.25, 0.3) is 11.0 Å². The van der Waals surface area contributed by atoms with Crippen molar-refractivity contribution in [3.63, 3.8) is 0 Å². The van der Waals surface area contributed by atoms with E-state index in [9.17, 15) is 5.11 Å². The summed E-state index contributed by atoms with van der Waals surface area (Å²) in [5, 5.41) is 10.1. The van der Waals surface area contributed by atoms with Gasteiger partial charge in [-0.05, 0) is 17.5 Å². The quantitative estimate of drug-likeness (QED) is 0.840. The van der Waals surface area contributed by atoms with Gasteiger partial charge in [0, 0.05) is 0 Å². The largest absolute Gasteiger partial charge is 0.391 e. The molecule has 1 N–H and O–H groups in total. The van der Waals surface area contributed by atoms with Crippen LogP contribution in [-0.2, 0) is 6.54 Å². The van der Waals surface area contributed by atoms with E-state index in [-0.39, 0.29) is 11.5 Å². The maximum atomic E-state index is 10.1. The summed E-state index contributed by atoms with van der Waals surface area (Å²) in [5.74, 6) is 0. The lowest BCUT2D eigenvalue weighted by atomic mass is 9.89. The molecule has 0 aliphatic rings. The molecule has 0 amide bonds. The second kappa shape index (κ2) is 3.91. The highest BCUT2D eigenvalue weighted by Crippen LogP contribution is 2.22. The van der Waals surface area contributed by atoms with Crippen molar-refractivity contribution in [2.24, 2.45) is 5.41 Å². The number of para-hydroxylation sites is 2.